The van der Waals surface area contributed by atoms with E-state index in [0.29, 0.717) is 0 Å². The number of hydrogen-bond acceptors (Lipinski definition) is 4. The molecule has 9 aromatic rings. The van der Waals surface area contributed by atoms with E-state index in [0.717, 1.165) is 61.3 Å². The summed E-state index contributed by atoms with van der Waals surface area (Å²) >= 11 is 0. The molecule has 58 heavy (non-hydrogen) atoms. The molecule has 7 aromatic carbocycles. The van der Waals surface area contributed by atoms with Gasteiger partial charge in [0.05, 0.1) is 16.8 Å². The van der Waals surface area contributed by atoms with Gasteiger partial charge in [-0.05, 0) is 112 Å². The zero-order valence-electron chi connectivity index (χ0n) is 34.1. The average Bonchev–Trinajstić information content (AvgIpc) is 3.79. The highest BCUT2D eigenvalue weighted by Gasteiger charge is 2.49. The summed E-state index contributed by atoms with van der Waals surface area (Å²) in [5, 5.41) is 3.31. The first-order chi connectivity index (χ1) is 28.0. The summed E-state index contributed by atoms with van der Waals surface area (Å²) in [7, 11) is 0. The van der Waals surface area contributed by atoms with Gasteiger partial charge in [-0.2, -0.15) is 0 Å². The van der Waals surface area contributed by atoms with Crippen LogP contribution in [0.25, 0.3) is 55.2 Å². The fourth-order valence-electron chi connectivity index (χ4n) is 9.53. The Bertz CT molecular complexity index is 3100. The third kappa shape index (κ3) is 5.08. The van der Waals surface area contributed by atoms with Crippen LogP contribution in [0.1, 0.15) is 58.2 Å². The standard InChI is InChI=1S/C53H45BN2O2/c1-32-29-41-37-26-28-46-47(38-17-11-13-19-44(38)57-46)49(37)56(36-24-21-34(22-25-36)52(2,3)4)54-48(41)43(30-32)55(50-39-18-12-14-20-45(39)58-51(50)54)42-27-23-35(53(5,6)7)31-40(42)33-15-9-8-10-16-33/h8-31H,1-7H3. The van der Waals surface area contributed by atoms with E-state index in [1.165, 1.54) is 50.1 Å². The molecule has 4 nitrogen and oxygen atoms in total. The van der Waals surface area contributed by atoms with Crippen LogP contribution < -0.4 is 20.8 Å². The Morgan fingerprint density at radius 3 is 1.88 bits per heavy atom. The van der Waals surface area contributed by atoms with Crippen LogP contribution in [0.3, 0.4) is 0 Å². The Balaban J connectivity index is 1.29. The molecule has 11 rings (SSSR count). The quantitative estimate of drug-likeness (QED) is 0.168. The summed E-state index contributed by atoms with van der Waals surface area (Å²) in [6.07, 6.45) is 0. The van der Waals surface area contributed by atoms with Gasteiger partial charge < -0.3 is 18.5 Å². The Hall–Kier alpha value is -6.46. The number of nitrogens with zero attached hydrogens (tertiary/aromatic N) is 2. The molecule has 0 spiro atoms. The maximum absolute atomic E-state index is 7.26. The van der Waals surface area contributed by atoms with Gasteiger partial charge >= 0.3 is 6.85 Å². The minimum Gasteiger partial charge on any atom is -0.466 e. The summed E-state index contributed by atoms with van der Waals surface area (Å²) in [6.45, 7) is 15.7. The highest BCUT2D eigenvalue weighted by atomic mass is 16.3. The molecule has 0 bridgehead atoms. The molecular formula is C53H45BN2O2. The number of furan rings is 2. The maximum Gasteiger partial charge on any atom is 0.375 e. The van der Waals surface area contributed by atoms with Gasteiger partial charge in [-0.25, -0.2) is 0 Å². The second kappa shape index (κ2) is 12.3. The van der Waals surface area contributed by atoms with E-state index in [4.69, 9.17) is 8.83 Å². The predicted octanol–water partition coefficient (Wildman–Crippen LogP) is 13.6. The minimum atomic E-state index is -0.273. The van der Waals surface area contributed by atoms with Gasteiger partial charge in [0.1, 0.15) is 22.4 Å². The van der Waals surface area contributed by atoms with E-state index in [1.807, 2.05) is 0 Å². The summed E-state index contributed by atoms with van der Waals surface area (Å²) in [5.74, 6) is 0. The largest absolute Gasteiger partial charge is 0.466 e. The third-order valence-corrected chi connectivity index (χ3v) is 12.4. The Morgan fingerprint density at radius 2 is 1.16 bits per heavy atom. The first-order valence-corrected chi connectivity index (χ1v) is 20.5. The van der Waals surface area contributed by atoms with Gasteiger partial charge in [0, 0.05) is 39.0 Å². The number of rotatable bonds is 3. The van der Waals surface area contributed by atoms with Crippen LogP contribution in [-0.2, 0) is 10.8 Å². The van der Waals surface area contributed by atoms with Gasteiger partial charge in [0.15, 0.2) is 0 Å². The zero-order valence-corrected chi connectivity index (χ0v) is 34.1. The lowest BCUT2D eigenvalue weighted by Gasteiger charge is -2.44. The fourth-order valence-corrected chi connectivity index (χ4v) is 9.53. The van der Waals surface area contributed by atoms with E-state index >= 15 is 0 Å². The molecule has 0 aliphatic carbocycles. The number of benzene rings is 7. The van der Waals surface area contributed by atoms with Crippen LogP contribution in [0.4, 0.5) is 28.4 Å². The number of hydrogen-bond donors (Lipinski definition) is 0. The lowest BCUT2D eigenvalue weighted by Crippen LogP contribution is -2.61. The van der Waals surface area contributed by atoms with Crippen LogP contribution in [-0.4, -0.2) is 6.85 Å². The summed E-state index contributed by atoms with van der Waals surface area (Å²) in [6, 6.07) is 53.3. The molecule has 0 N–H and O–H groups in total. The van der Waals surface area contributed by atoms with Gasteiger partial charge in [0.2, 0.25) is 0 Å². The molecule has 2 aromatic heterocycles. The topological polar surface area (TPSA) is 32.8 Å². The highest BCUT2D eigenvalue weighted by molar-refractivity contribution is 6.93. The monoisotopic (exact) mass is 752 g/mol. The molecule has 0 saturated heterocycles. The van der Waals surface area contributed by atoms with E-state index in [-0.39, 0.29) is 17.7 Å². The van der Waals surface area contributed by atoms with Gasteiger partial charge in [-0.1, -0.05) is 126 Å². The normalized spacial score (nSPS) is 13.7. The molecule has 0 radical (unpaired) electrons. The second-order valence-corrected chi connectivity index (χ2v) is 18.2. The van der Waals surface area contributed by atoms with Gasteiger partial charge in [-0.15, -0.1) is 0 Å². The average molecular weight is 753 g/mol. The van der Waals surface area contributed by atoms with Crippen molar-refractivity contribution < 1.29 is 8.83 Å². The molecule has 0 fully saturated rings. The fraction of sp³-hybridized carbons (Fsp3) is 0.170. The molecule has 0 amide bonds. The van der Waals surface area contributed by atoms with Crippen molar-refractivity contribution in [2.45, 2.75) is 59.3 Å². The van der Waals surface area contributed by atoms with Gasteiger partial charge in [0.25, 0.3) is 0 Å². The van der Waals surface area contributed by atoms with Crippen molar-refractivity contribution in [1.82, 2.24) is 0 Å². The number of fused-ring (bicyclic) bond motifs is 10. The van der Waals surface area contributed by atoms with Crippen molar-refractivity contribution in [3.05, 3.63) is 162 Å². The molecule has 2 aliphatic heterocycles. The van der Waals surface area contributed by atoms with Crippen molar-refractivity contribution in [2.75, 3.05) is 9.71 Å². The van der Waals surface area contributed by atoms with Crippen molar-refractivity contribution in [3.63, 3.8) is 0 Å². The number of anilines is 5. The smallest absolute Gasteiger partial charge is 0.375 e. The molecular weight excluding hydrogens is 707 g/mol. The first-order valence-electron chi connectivity index (χ1n) is 20.5. The van der Waals surface area contributed by atoms with Crippen molar-refractivity contribution in [1.29, 1.82) is 0 Å². The number of para-hydroxylation sites is 2. The summed E-state index contributed by atoms with van der Waals surface area (Å²) < 4.78 is 13.9. The first kappa shape index (κ1) is 34.8. The molecule has 4 heterocycles. The molecule has 0 saturated carbocycles. The Labute approximate surface area is 340 Å². The van der Waals surface area contributed by atoms with Crippen LogP contribution in [0.15, 0.2) is 154 Å². The molecule has 0 atom stereocenters. The molecule has 5 heteroatoms. The molecule has 0 unspecified atom stereocenters. The SMILES string of the molecule is Cc1cc2c3c(c1)N(c1ccc(C(C)(C)C)cc1-c1ccccc1)c1c(oc4ccccc14)B3N(c1ccc(C(C)(C)C)cc1)c1c-2ccc2oc3ccccc3c12. The second-order valence-electron chi connectivity index (χ2n) is 18.2. The third-order valence-electron chi connectivity index (χ3n) is 12.4. The highest BCUT2D eigenvalue weighted by Crippen LogP contribution is 2.53. The Morgan fingerprint density at radius 1 is 0.500 bits per heavy atom. The summed E-state index contributed by atoms with van der Waals surface area (Å²) in [5.41, 5.74) is 19.0. The molecule has 282 valence electrons. The van der Waals surface area contributed by atoms with E-state index < -0.39 is 0 Å². The van der Waals surface area contributed by atoms with E-state index in [9.17, 15) is 0 Å². The van der Waals surface area contributed by atoms with Crippen molar-refractivity contribution in [3.8, 4) is 22.3 Å². The summed E-state index contributed by atoms with van der Waals surface area (Å²) in [4.78, 5) is 5.06. The van der Waals surface area contributed by atoms with Gasteiger partial charge in [-0.3, -0.25) is 0 Å². The van der Waals surface area contributed by atoms with Crippen LogP contribution in [0.5, 0.6) is 0 Å². The lowest BCUT2D eigenvalue weighted by molar-refractivity contribution is 0.590. The number of aryl methyl sites for hydroxylation is 1. The van der Waals surface area contributed by atoms with Crippen molar-refractivity contribution >= 4 is 79.3 Å². The minimum absolute atomic E-state index is 0.0138. The predicted molar refractivity (Wildman–Crippen MR) is 245 cm³/mol. The van der Waals surface area contributed by atoms with Crippen LogP contribution >= 0.6 is 0 Å². The maximum atomic E-state index is 7.26. The van der Waals surface area contributed by atoms with Crippen molar-refractivity contribution in [2.24, 2.45) is 0 Å². The molecule has 2 aliphatic rings. The zero-order chi connectivity index (χ0) is 39.7. The van der Waals surface area contributed by atoms with Crippen LogP contribution in [0.2, 0.25) is 0 Å². The lowest BCUT2D eigenvalue weighted by atomic mass is 9.45. The van der Waals surface area contributed by atoms with E-state index in [2.05, 4.69) is 204 Å². The van der Waals surface area contributed by atoms with E-state index in [1.54, 1.807) is 0 Å². The Kier molecular flexibility index (Phi) is 7.36. The van der Waals surface area contributed by atoms with Crippen LogP contribution in [0, 0.1) is 6.92 Å².